The number of piperidine rings is 1. The summed E-state index contributed by atoms with van der Waals surface area (Å²) in [5.41, 5.74) is 4.46. The Labute approximate surface area is 191 Å². The molecule has 30 heavy (non-hydrogen) atoms. The van der Waals surface area contributed by atoms with E-state index in [1.165, 1.54) is 0 Å². The van der Waals surface area contributed by atoms with Crippen LogP contribution < -0.4 is 5.32 Å². The normalized spacial score (nSPS) is 16.3. The van der Waals surface area contributed by atoms with Crippen molar-refractivity contribution in [3.05, 3.63) is 52.4 Å². The second-order valence-electron chi connectivity index (χ2n) is 7.32. The minimum absolute atomic E-state index is 0. The van der Waals surface area contributed by atoms with Gasteiger partial charge in [0.2, 0.25) is 0 Å². The topological polar surface area (TPSA) is 75.9 Å². The number of amides is 1. The molecule has 0 radical (unpaired) electrons. The van der Waals surface area contributed by atoms with Gasteiger partial charge in [0.25, 0.3) is 5.91 Å². The number of nitrogens with zero attached hydrogens (tertiary/aromatic N) is 5. The van der Waals surface area contributed by atoms with Crippen LogP contribution in [0.4, 0.5) is 0 Å². The largest absolute Gasteiger partial charge is 0.339 e. The Morgan fingerprint density at radius 1 is 1.13 bits per heavy atom. The first-order chi connectivity index (χ1) is 13.8. The van der Waals surface area contributed by atoms with E-state index in [1.54, 1.807) is 11.3 Å². The van der Waals surface area contributed by atoms with Crippen molar-refractivity contribution >= 4 is 42.1 Å². The van der Waals surface area contributed by atoms with Crippen LogP contribution in [0.2, 0.25) is 0 Å². The van der Waals surface area contributed by atoms with Crippen molar-refractivity contribution < 1.29 is 4.79 Å². The van der Waals surface area contributed by atoms with Gasteiger partial charge in [-0.2, -0.15) is 0 Å². The molecule has 2 aromatic heterocycles. The summed E-state index contributed by atoms with van der Waals surface area (Å²) in [6, 6.07) is 7.78. The average molecular weight is 467 g/mol. The smallest absolute Gasteiger partial charge is 0.253 e. The minimum atomic E-state index is 0. The lowest BCUT2D eigenvalue weighted by molar-refractivity contribution is 0.0710. The summed E-state index contributed by atoms with van der Waals surface area (Å²) < 4.78 is 2.26. The lowest BCUT2D eigenvalue weighted by Crippen LogP contribution is -2.39. The van der Waals surface area contributed by atoms with Crippen LogP contribution in [0.25, 0.3) is 11.3 Å². The average Bonchev–Trinajstić information content (AvgIpc) is 3.44. The first-order valence-corrected chi connectivity index (χ1v) is 10.6. The lowest BCUT2D eigenvalue weighted by Gasteiger charge is -2.32. The molecule has 0 saturated carbocycles. The van der Waals surface area contributed by atoms with E-state index in [4.69, 9.17) is 0 Å². The van der Waals surface area contributed by atoms with Gasteiger partial charge < -0.3 is 14.8 Å². The zero-order chi connectivity index (χ0) is 18.9. The molecule has 1 aromatic carbocycles. The van der Waals surface area contributed by atoms with Gasteiger partial charge in [0, 0.05) is 48.6 Å². The van der Waals surface area contributed by atoms with Gasteiger partial charge in [-0.3, -0.25) is 4.79 Å². The van der Waals surface area contributed by atoms with Crippen molar-refractivity contribution in [1.82, 2.24) is 30.0 Å². The van der Waals surface area contributed by atoms with Gasteiger partial charge in [0.05, 0.1) is 17.7 Å². The van der Waals surface area contributed by atoms with E-state index in [9.17, 15) is 4.79 Å². The predicted octanol–water partition coefficient (Wildman–Crippen LogP) is 3.37. The third kappa shape index (κ3) is 4.37. The van der Waals surface area contributed by atoms with Gasteiger partial charge in [-0.15, -0.1) is 46.3 Å². The Balaban J connectivity index is 0.00000128. The predicted molar refractivity (Wildman–Crippen MR) is 122 cm³/mol. The van der Waals surface area contributed by atoms with Crippen LogP contribution in [-0.4, -0.2) is 50.2 Å². The second-order valence-corrected chi connectivity index (χ2v) is 8.04. The zero-order valence-corrected chi connectivity index (χ0v) is 18.8. The van der Waals surface area contributed by atoms with Gasteiger partial charge in [-0.1, -0.05) is 12.1 Å². The van der Waals surface area contributed by atoms with E-state index in [2.05, 4.69) is 25.1 Å². The number of likely N-dealkylation sites (tertiary alicyclic amines) is 1. The molecule has 160 valence electrons. The Hall–Kier alpha value is -2.00. The van der Waals surface area contributed by atoms with Crippen molar-refractivity contribution in [2.45, 2.75) is 31.8 Å². The fourth-order valence-corrected chi connectivity index (χ4v) is 4.67. The fraction of sp³-hybridized carbons (Fsp3) is 0.400. The molecule has 0 spiro atoms. The molecular formula is C20H24Cl2N6OS. The molecule has 10 heteroatoms. The molecule has 2 aliphatic heterocycles. The van der Waals surface area contributed by atoms with E-state index in [0.717, 1.165) is 74.0 Å². The molecule has 1 N–H and O–H groups in total. The Kier molecular flexibility index (Phi) is 7.46. The van der Waals surface area contributed by atoms with Crippen LogP contribution in [0, 0.1) is 0 Å². The number of nitrogens with one attached hydrogen (secondary N) is 1. The molecule has 0 aliphatic carbocycles. The molecule has 0 atom stereocenters. The lowest BCUT2D eigenvalue weighted by atomic mass is 9.95. The van der Waals surface area contributed by atoms with Crippen molar-refractivity contribution in [3.8, 4) is 11.3 Å². The number of carbonyl (C=O) groups excluding carboxylic acids is 1. The van der Waals surface area contributed by atoms with Crippen LogP contribution in [0.1, 0.15) is 40.8 Å². The maximum Gasteiger partial charge on any atom is 0.253 e. The van der Waals surface area contributed by atoms with Gasteiger partial charge >= 0.3 is 0 Å². The van der Waals surface area contributed by atoms with E-state index in [0.29, 0.717) is 5.92 Å². The SMILES string of the molecule is Cl.Cl.O=C(c1cccc(-c2cscn2)c1)N1CCC(c2nnc3n2CCNC3)CC1. The molecule has 2 aliphatic rings. The Morgan fingerprint density at radius 2 is 1.97 bits per heavy atom. The number of benzene rings is 1. The number of hydrogen-bond acceptors (Lipinski definition) is 6. The number of hydrogen-bond donors (Lipinski definition) is 1. The van der Waals surface area contributed by atoms with Crippen LogP contribution in [0.5, 0.6) is 0 Å². The number of thiazole rings is 1. The molecule has 1 fully saturated rings. The van der Waals surface area contributed by atoms with Crippen LogP contribution in [0.3, 0.4) is 0 Å². The van der Waals surface area contributed by atoms with E-state index >= 15 is 0 Å². The van der Waals surface area contributed by atoms with Crippen LogP contribution in [-0.2, 0) is 13.1 Å². The zero-order valence-electron chi connectivity index (χ0n) is 16.4. The summed E-state index contributed by atoms with van der Waals surface area (Å²) in [5.74, 6) is 2.60. The quantitative estimate of drug-likeness (QED) is 0.640. The number of carbonyl (C=O) groups is 1. The Morgan fingerprint density at radius 3 is 2.73 bits per heavy atom. The summed E-state index contributed by atoms with van der Waals surface area (Å²) in [7, 11) is 0. The highest BCUT2D eigenvalue weighted by Crippen LogP contribution is 2.29. The maximum atomic E-state index is 13.0. The molecule has 1 amide bonds. The van der Waals surface area contributed by atoms with E-state index in [-0.39, 0.29) is 30.7 Å². The number of halogens is 2. The number of rotatable bonds is 3. The first kappa shape index (κ1) is 22.7. The molecule has 5 rings (SSSR count). The minimum Gasteiger partial charge on any atom is -0.339 e. The maximum absolute atomic E-state index is 13.0. The highest BCUT2D eigenvalue weighted by molar-refractivity contribution is 7.07. The monoisotopic (exact) mass is 466 g/mol. The van der Waals surface area contributed by atoms with Gasteiger partial charge in [-0.05, 0) is 25.0 Å². The number of fused-ring (bicyclic) bond motifs is 1. The molecule has 7 nitrogen and oxygen atoms in total. The molecule has 3 aromatic rings. The fourth-order valence-electron chi connectivity index (χ4n) is 4.11. The van der Waals surface area contributed by atoms with Crippen molar-refractivity contribution in [1.29, 1.82) is 0 Å². The third-order valence-electron chi connectivity index (χ3n) is 5.64. The van der Waals surface area contributed by atoms with Crippen LogP contribution >= 0.6 is 36.2 Å². The number of aromatic nitrogens is 4. The summed E-state index contributed by atoms with van der Waals surface area (Å²) in [4.78, 5) is 19.3. The highest BCUT2D eigenvalue weighted by Gasteiger charge is 2.29. The standard InChI is InChI=1S/C20H22N6OS.2ClH/c27-20(16-3-1-2-15(10-16)17-12-28-13-22-17)25-7-4-14(5-8-25)19-24-23-18-11-21-6-9-26(18)19;;/h1-3,10,12-14,21H,4-9,11H2;2*1H. The summed E-state index contributed by atoms with van der Waals surface area (Å²) in [5, 5.41) is 14.1. The van der Waals surface area contributed by atoms with Crippen molar-refractivity contribution in [3.63, 3.8) is 0 Å². The summed E-state index contributed by atoms with van der Waals surface area (Å²) in [6.45, 7) is 4.19. The first-order valence-electron chi connectivity index (χ1n) is 9.70. The summed E-state index contributed by atoms with van der Waals surface area (Å²) in [6.07, 6.45) is 1.87. The molecule has 4 heterocycles. The van der Waals surface area contributed by atoms with Gasteiger partial charge in [-0.25, -0.2) is 4.98 Å². The summed E-state index contributed by atoms with van der Waals surface area (Å²) >= 11 is 1.56. The van der Waals surface area contributed by atoms with Gasteiger partial charge in [0.1, 0.15) is 11.6 Å². The molecule has 0 unspecified atom stereocenters. The Bertz CT molecular complexity index is 985. The molecule has 0 bridgehead atoms. The van der Waals surface area contributed by atoms with Crippen molar-refractivity contribution in [2.24, 2.45) is 0 Å². The van der Waals surface area contributed by atoms with E-state index < -0.39 is 0 Å². The van der Waals surface area contributed by atoms with E-state index in [1.807, 2.05) is 40.1 Å². The van der Waals surface area contributed by atoms with Crippen molar-refractivity contribution in [2.75, 3.05) is 19.6 Å². The second kappa shape index (κ2) is 9.87. The van der Waals surface area contributed by atoms with Crippen LogP contribution in [0.15, 0.2) is 35.2 Å². The molecule has 1 saturated heterocycles. The van der Waals surface area contributed by atoms with Gasteiger partial charge in [0.15, 0.2) is 0 Å². The third-order valence-corrected chi connectivity index (χ3v) is 6.22. The molecular weight excluding hydrogens is 443 g/mol. The highest BCUT2D eigenvalue weighted by atomic mass is 35.5.